The monoisotopic (exact) mass is 261 g/mol. The molecule has 1 aromatic carbocycles. The predicted molar refractivity (Wildman–Crippen MR) is 70.9 cm³/mol. The molecule has 5 heteroatoms. The van der Waals surface area contributed by atoms with Gasteiger partial charge in [0, 0.05) is 13.1 Å². The van der Waals surface area contributed by atoms with Crippen molar-refractivity contribution in [3.8, 4) is 0 Å². The highest BCUT2D eigenvalue weighted by atomic mass is 35.5. The number of hydrogen-bond acceptors (Lipinski definition) is 3. The zero-order valence-corrected chi connectivity index (χ0v) is 10.7. The lowest BCUT2D eigenvalue weighted by molar-refractivity contribution is 0.858. The summed E-state index contributed by atoms with van der Waals surface area (Å²) in [5.41, 5.74) is 4.21. The van der Waals surface area contributed by atoms with E-state index in [4.69, 9.17) is 11.6 Å². The smallest absolute Gasteiger partial charge is 0.285 e. The summed E-state index contributed by atoms with van der Waals surface area (Å²) in [6, 6.07) is 6.26. The van der Waals surface area contributed by atoms with Gasteiger partial charge in [-0.1, -0.05) is 29.8 Å². The first-order chi connectivity index (χ1) is 8.66. The molecule has 4 nitrogen and oxygen atoms in total. The normalized spacial score (nSPS) is 13.8. The van der Waals surface area contributed by atoms with Gasteiger partial charge in [-0.05, 0) is 23.6 Å². The number of H-pyrrole nitrogens is 1. The van der Waals surface area contributed by atoms with Crippen molar-refractivity contribution in [3.63, 3.8) is 0 Å². The second-order valence-corrected chi connectivity index (χ2v) is 4.84. The third-order valence-corrected chi connectivity index (χ3v) is 3.70. The van der Waals surface area contributed by atoms with Gasteiger partial charge in [-0.2, -0.15) is 5.10 Å². The van der Waals surface area contributed by atoms with Gasteiger partial charge in [0.2, 0.25) is 0 Å². The van der Waals surface area contributed by atoms with E-state index in [1.807, 2.05) is 0 Å². The molecule has 2 heterocycles. The topological polar surface area (TPSA) is 49.0 Å². The molecular formula is C13H12ClN3O. The summed E-state index contributed by atoms with van der Waals surface area (Å²) in [6.07, 6.45) is 1.60. The number of benzene rings is 1. The van der Waals surface area contributed by atoms with Crippen LogP contribution in [0.15, 0.2) is 29.2 Å². The fourth-order valence-electron chi connectivity index (χ4n) is 2.35. The number of aryl methyl sites for hydroxylation is 1. The van der Waals surface area contributed by atoms with E-state index in [-0.39, 0.29) is 10.6 Å². The van der Waals surface area contributed by atoms with E-state index in [1.54, 1.807) is 6.20 Å². The van der Waals surface area contributed by atoms with Crippen LogP contribution in [-0.2, 0) is 13.1 Å². The van der Waals surface area contributed by atoms with Crippen molar-refractivity contribution in [2.45, 2.75) is 20.0 Å². The lowest BCUT2D eigenvalue weighted by Crippen LogP contribution is -2.20. The van der Waals surface area contributed by atoms with Crippen LogP contribution in [0.3, 0.4) is 0 Å². The average molecular weight is 262 g/mol. The zero-order chi connectivity index (χ0) is 12.7. The molecular weight excluding hydrogens is 250 g/mol. The molecule has 1 N–H and O–H groups in total. The first-order valence-corrected chi connectivity index (χ1v) is 6.10. The van der Waals surface area contributed by atoms with Gasteiger partial charge in [0.15, 0.2) is 0 Å². The highest BCUT2D eigenvalue weighted by molar-refractivity contribution is 6.33. The molecule has 1 aromatic heterocycles. The SMILES string of the molecule is Cc1cccc2c1CN(c1cn[nH]c(=O)c1Cl)C2. The minimum absolute atomic E-state index is 0.204. The van der Waals surface area contributed by atoms with E-state index in [0.717, 1.165) is 13.1 Å². The fraction of sp³-hybridized carbons (Fsp3) is 0.231. The second-order valence-electron chi connectivity index (χ2n) is 4.47. The molecule has 2 aromatic rings. The Balaban J connectivity index is 2.02. The summed E-state index contributed by atoms with van der Waals surface area (Å²) < 4.78 is 0. The van der Waals surface area contributed by atoms with Gasteiger partial charge >= 0.3 is 0 Å². The molecule has 0 bridgehead atoms. The quantitative estimate of drug-likeness (QED) is 0.857. The molecule has 18 heavy (non-hydrogen) atoms. The maximum absolute atomic E-state index is 11.5. The molecule has 3 rings (SSSR count). The Kier molecular flexibility index (Phi) is 2.59. The second kappa shape index (κ2) is 4.14. The Hall–Kier alpha value is -1.81. The van der Waals surface area contributed by atoms with Crippen LogP contribution in [0.1, 0.15) is 16.7 Å². The van der Waals surface area contributed by atoms with Crippen LogP contribution in [0.25, 0.3) is 0 Å². The van der Waals surface area contributed by atoms with Crippen LogP contribution >= 0.6 is 11.6 Å². The number of nitrogens with one attached hydrogen (secondary N) is 1. The molecule has 0 fully saturated rings. The first kappa shape index (κ1) is 11.3. The Morgan fingerprint density at radius 2 is 2.22 bits per heavy atom. The molecule has 0 saturated carbocycles. The standard InChI is InChI=1S/C13H12ClN3O/c1-8-3-2-4-9-6-17(7-10(8)9)11-5-15-16-13(18)12(11)14/h2-5H,6-7H2,1H3,(H,16,18). The predicted octanol–water partition coefficient (Wildman–Crippen LogP) is 2.25. The number of anilines is 1. The molecule has 1 aliphatic heterocycles. The number of fused-ring (bicyclic) bond motifs is 1. The number of hydrogen-bond donors (Lipinski definition) is 1. The third-order valence-electron chi connectivity index (χ3n) is 3.34. The Morgan fingerprint density at radius 1 is 1.39 bits per heavy atom. The van der Waals surface area contributed by atoms with Crippen LogP contribution < -0.4 is 10.5 Å². The Bertz CT molecular complexity index is 666. The van der Waals surface area contributed by atoms with Crippen molar-refractivity contribution in [2.75, 3.05) is 4.90 Å². The van der Waals surface area contributed by atoms with Crippen molar-refractivity contribution in [2.24, 2.45) is 0 Å². The van der Waals surface area contributed by atoms with E-state index in [2.05, 4.69) is 40.2 Å². The van der Waals surface area contributed by atoms with Crippen LogP contribution in [0.4, 0.5) is 5.69 Å². The maximum Gasteiger partial charge on any atom is 0.285 e. The van der Waals surface area contributed by atoms with Crippen molar-refractivity contribution in [1.82, 2.24) is 10.2 Å². The molecule has 0 aliphatic carbocycles. The Morgan fingerprint density at radius 3 is 3.00 bits per heavy atom. The van der Waals surface area contributed by atoms with Crippen molar-refractivity contribution in [1.29, 1.82) is 0 Å². The largest absolute Gasteiger partial charge is 0.360 e. The van der Waals surface area contributed by atoms with Gasteiger partial charge in [-0.15, -0.1) is 0 Å². The molecule has 0 spiro atoms. The van der Waals surface area contributed by atoms with Crippen LogP contribution in [0, 0.1) is 6.92 Å². The number of aromatic amines is 1. The molecule has 92 valence electrons. The van der Waals surface area contributed by atoms with Crippen LogP contribution in [-0.4, -0.2) is 10.2 Å². The molecule has 0 saturated heterocycles. The van der Waals surface area contributed by atoms with E-state index in [0.29, 0.717) is 5.69 Å². The van der Waals surface area contributed by atoms with Gasteiger partial charge in [0.1, 0.15) is 5.02 Å². The molecule has 1 aliphatic rings. The van der Waals surface area contributed by atoms with Crippen molar-refractivity contribution in [3.05, 3.63) is 56.5 Å². The highest BCUT2D eigenvalue weighted by Gasteiger charge is 2.23. The number of rotatable bonds is 1. The minimum atomic E-state index is -0.346. The summed E-state index contributed by atoms with van der Waals surface area (Å²) in [4.78, 5) is 13.5. The summed E-state index contributed by atoms with van der Waals surface area (Å²) in [6.45, 7) is 3.63. The van der Waals surface area contributed by atoms with E-state index >= 15 is 0 Å². The summed E-state index contributed by atoms with van der Waals surface area (Å²) in [5.74, 6) is 0. The van der Waals surface area contributed by atoms with Gasteiger partial charge in [-0.3, -0.25) is 4.79 Å². The number of nitrogens with zero attached hydrogens (tertiary/aromatic N) is 2. The molecule has 0 amide bonds. The Labute approximate surface area is 109 Å². The maximum atomic E-state index is 11.5. The number of aromatic nitrogens is 2. The van der Waals surface area contributed by atoms with Gasteiger partial charge in [-0.25, -0.2) is 5.10 Å². The summed E-state index contributed by atoms with van der Waals surface area (Å²) >= 11 is 6.03. The highest BCUT2D eigenvalue weighted by Crippen LogP contribution is 2.32. The van der Waals surface area contributed by atoms with Crippen LogP contribution in [0.5, 0.6) is 0 Å². The molecule has 0 atom stereocenters. The molecule has 0 radical (unpaired) electrons. The minimum Gasteiger partial charge on any atom is -0.360 e. The summed E-state index contributed by atoms with van der Waals surface area (Å²) in [5, 5.41) is 6.35. The fourth-order valence-corrected chi connectivity index (χ4v) is 2.57. The number of halogens is 1. The van der Waals surface area contributed by atoms with E-state index in [9.17, 15) is 4.79 Å². The van der Waals surface area contributed by atoms with Gasteiger partial charge < -0.3 is 4.90 Å². The lowest BCUT2D eigenvalue weighted by Gasteiger charge is -2.17. The van der Waals surface area contributed by atoms with Gasteiger partial charge in [0.05, 0.1) is 11.9 Å². The van der Waals surface area contributed by atoms with E-state index in [1.165, 1.54) is 16.7 Å². The van der Waals surface area contributed by atoms with Crippen LogP contribution in [0.2, 0.25) is 5.02 Å². The van der Waals surface area contributed by atoms with E-state index < -0.39 is 0 Å². The first-order valence-electron chi connectivity index (χ1n) is 5.72. The third kappa shape index (κ3) is 1.69. The zero-order valence-electron chi connectivity index (χ0n) is 9.90. The van der Waals surface area contributed by atoms with Crippen molar-refractivity contribution >= 4 is 17.3 Å². The van der Waals surface area contributed by atoms with Gasteiger partial charge in [0.25, 0.3) is 5.56 Å². The molecule has 0 unspecified atom stereocenters. The summed E-state index contributed by atoms with van der Waals surface area (Å²) in [7, 11) is 0. The average Bonchev–Trinajstić information content (AvgIpc) is 2.78. The lowest BCUT2D eigenvalue weighted by atomic mass is 10.1. The van der Waals surface area contributed by atoms with Crippen molar-refractivity contribution < 1.29 is 0 Å².